The summed E-state index contributed by atoms with van der Waals surface area (Å²) in [6, 6.07) is 24.6. The Balaban J connectivity index is 1.76. The molecule has 0 aliphatic rings. The molecule has 0 unspecified atom stereocenters. The molecule has 0 aliphatic carbocycles. The molecule has 0 spiro atoms. The Morgan fingerprint density at radius 2 is 1.04 bits per heavy atom. The molecule has 0 atom stereocenters. The van der Waals surface area contributed by atoms with Crippen molar-refractivity contribution in [1.29, 1.82) is 0 Å². The highest BCUT2D eigenvalue weighted by Crippen LogP contribution is 2.20. The Bertz CT molecular complexity index is 730. The Morgan fingerprint density at radius 1 is 0.600 bits per heavy atom. The van der Waals surface area contributed by atoms with E-state index >= 15 is 0 Å². The number of benzene rings is 3. The molecular weight excluding hydrogens is 315 g/mol. The van der Waals surface area contributed by atoms with Gasteiger partial charge in [-0.2, -0.15) is 0 Å². The van der Waals surface area contributed by atoms with Crippen LogP contribution in [0.5, 0.6) is 11.5 Å². The van der Waals surface area contributed by atoms with Gasteiger partial charge in [0, 0.05) is 0 Å². The van der Waals surface area contributed by atoms with Gasteiger partial charge in [0.1, 0.15) is 24.7 Å². The molecule has 0 bridgehead atoms. The minimum Gasteiger partial charge on any atom is -0.489 e. The topological polar surface area (TPSA) is 58.9 Å². The van der Waals surface area contributed by atoms with E-state index in [2.05, 4.69) is 0 Å². The molecule has 0 saturated heterocycles. The lowest BCUT2D eigenvalue weighted by molar-refractivity contribution is 0.291. The van der Waals surface area contributed by atoms with Crippen molar-refractivity contribution < 1.29 is 19.5 Å². The fraction of sp³-hybridized carbons (Fsp3) is 0.100. The van der Waals surface area contributed by atoms with Crippen molar-refractivity contribution in [3.63, 3.8) is 0 Å². The van der Waals surface area contributed by atoms with Gasteiger partial charge in [-0.25, -0.2) is 0 Å². The van der Waals surface area contributed by atoms with E-state index in [0.29, 0.717) is 24.7 Å². The fourth-order valence-electron chi connectivity index (χ4n) is 2.50. The third kappa shape index (κ3) is 4.63. The average molecular weight is 334 g/mol. The van der Waals surface area contributed by atoms with Gasteiger partial charge in [-0.05, 0) is 23.3 Å². The van der Waals surface area contributed by atoms with Crippen LogP contribution in [0.25, 0.3) is 0 Å². The summed E-state index contributed by atoms with van der Waals surface area (Å²) in [4.78, 5) is 0. The van der Waals surface area contributed by atoms with E-state index in [1.54, 1.807) is 18.2 Å². The highest BCUT2D eigenvalue weighted by molar-refractivity contribution is 6.60. The van der Waals surface area contributed by atoms with Crippen molar-refractivity contribution in [2.24, 2.45) is 0 Å². The van der Waals surface area contributed by atoms with E-state index in [1.807, 2.05) is 60.7 Å². The zero-order chi connectivity index (χ0) is 17.5. The van der Waals surface area contributed by atoms with Crippen LogP contribution < -0.4 is 14.9 Å². The van der Waals surface area contributed by atoms with Crippen LogP contribution in [0.15, 0.2) is 78.9 Å². The maximum Gasteiger partial charge on any atom is 0.496 e. The summed E-state index contributed by atoms with van der Waals surface area (Å²) in [5, 5.41) is 19.6. The summed E-state index contributed by atoms with van der Waals surface area (Å²) in [5.74, 6) is 0.786. The molecule has 0 aromatic heterocycles. The largest absolute Gasteiger partial charge is 0.496 e. The van der Waals surface area contributed by atoms with Crippen molar-refractivity contribution in [1.82, 2.24) is 0 Å². The maximum atomic E-state index is 9.78. The Labute approximate surface area is 147 Å². The summed E-state index contributed by atoms with van der Waals surface area (Å²) in [7, 11) is -1.68. The summed E-state index contributed by atoms with van der Waals surface area (Å²) < 4.78 is 11.6. The van der Waals surface area contributed by atoms with Gasteiger partial charge < -0.3 is 19.5 Å². The molecule has 0 aliphatic heterocycles. The Morgan fingerprint density at radius 3 is 1.44 bits per heavy atom. The van der Waals surface area contributed by atoms with Crippen LogP contribution in [0.1, 0.15) is 11.1 Å². The smallest absolute Gasteiger partial charge is 0.489 e. The van der Waals surface area contributed by atoms with E-state index in [4.69, 9.17) is 9.47 Å². The molecule has 0 saturated carbocycles. The molecule has 4 nitrogen and oxygen atoms in total. The third-order valence-electron chi connectivity index (χ3n) is 3.76. The van der Waals surface area contributed by atoms with Crippen LogP contribution in [0, 0.1) is 0 Å². The van der Waals surface area contributed by atoms with Gasteiger partial charge in [-0.15, -0.1) is 0 Å². The van der Waals surface area contributed by atoms with Crippen LogP contribution >= 0.6 is 0 Å². The van der Waals surface area contributed by atoms with Crippen molar-refractivity contribution in [2.75, 3.05) is 0 Å². The van der Waals surface area contributed by atoms with Gasteiger partial charge in [0.25, 0.3) is 0 Å². The molecule has 3 aromatic carbocycles. The summed E-state index contributed by atoms with van der Waals surface area (Å²) in [5.41, 5.74) is 2.22. The van der Waals surface area contributed by atoms with Crippen LogP contribution in [0.2, 0.25) is 0 Å². The molecular formula is C20H19BO4. The molecule has 0 radical (unpaired) electrons. The summed E-state index contributed by atoms with van der Waals surface area (Å²) in [6.45, 7) is 0.672. The van der Waals surface area contributed by atoms with Crippen LogP contribution in [0.3, 0.4) is 0 Å². The molecule has 0 heterocycles. The van der Waals surface area contributed by atoms with E-state index in [0.717, 1.165) is 11.1 Å². The van der Waals surface area contributed by atoms with E-state index in [1.165, 1.54) is 0 Å². The van der Waals surface area contributed by atoms with Crippen LogP contribution in [-0.4, -0.2) is 17.2 Å². The lowest BCUT2D eigenvalue weighted by atomic mass is 9.78. The minimum atomic E-state index is -1.68. The van der Waals surface area contributed by atoms with Gasteiger partial charge in [-0.3, -0.25) is 0 Å². The monoisotopic (exact) mass is 334 g/mol. The quantitative estimate of drug-likeness (QED) is 0.652. The second-order valence-corrected chi connectivity index (χ2v) is 5.59. The maximum absolute atomic E-state index is 9.78. The molecule has 3 rings (SSSR count). The zero-order valence-electron chi connectivity index (χ0n) is 13.7. The zero-order valence-corrected chi connectivity index (χ0v) is 13.7. The second-order valence-electron chi connectivity index (χ2n) is 5.59. The van der Waals surface area contributed by atoms with Gasteiger partial charge in [0.2, 0.25) is 0 Å². The SMILES string of the molecule is OB(O)c1c(OCc2ccccc2)cccc1OCc1ccccc1. The number of hydrogen-bond donors (Lipinski definition) is 2. The number of hydrogen-bond acceptors (Lipinski definition) is 4. The fourth-order valence-corrected chi connectivity index (χ4v) is 2.50. The highest BCUT2D eigenvalue weighted by Gasteiger charge is 2.23. The number of ether oxygens (including phenoxy) is 2. The minimum absolute atomic E-state index is 0.231. The van der Waals surface area contributed by atoms with Crippen molar-refractivity contribution in [3.8, 4) is 11.5 Å². The predicted octanol–water partition coefficient (Wildman–Crippen LogP) is 2.52. The molecule has 5 heteroatoms. The van der Waals surface area contributed by atoms with Crippen molar-refractivity contribution >= 4 is 12.6 Å². The Hall–Kier alpha value is -2.76. The lowest BCUT2D eigenvalue weighted by Gasteiger charge is -2.16. The lowest BCUT2D eigenvalue weighted by Crippen LogP contribution is -2.33. The standard InChI is InChI=1S/C20H19BO4/c22-21(23)20-18(24-14-16-8-3-1-4-9-16)12-7-13-19(20)25-15-17-10-5-2-6-11-17/h1-13,22-23H,14-15H2. The van der Waals surface area contributed by atoms with E-state index in [9.17, 15) is 10.0 Å². The highest BCUT2D eigenvalue weighted by atomic mass is 16.5. The van der Waals surface area contributed by atoms with Gasteiger partial charge in [0.05, 0.1) is 5.46 Å². The van der Waals surface area contributed by atoms with E-state index in [-0.39, 0.29) is 5.46 Å². The molecule has 126 valence electrons. The van der Waals surface area contributed by atoms with Crippen molar-refractivity contribution in [2.45, 2.75) is 13.2 Å². The van der Waals surface area contributed by atoms with Gasteiger partial charge in [-0.1, -0.05) is 66.7 Å². The third-order valence-corrected chi connectivity index (χ3v) is 3.76. The summed E-state index contributed by atoms with van der Waals surface area (Å²) >= 11 is 0. The van der Waals surface area contributed by atoms with Gasteiger partial charge >= 0.3 is 7.12 Å². The summed E-state index contributed by atoms with van der Waals surface area (Å²) in [6.07, 6.45) is 0. The van der Waals surface area contributed by atoms with Gasteiger partial charge in [0.15, 0.2) is 0 Å². The second kappa shape index (κ2) is 8.37. The first-order valence-corrected chi connectivity index (χ1v) is 8.06. The average Bonchev–Trinajstić information content (AvgIpc) is 2.66. The normalized spacial score (nSPS) is 10.3. The Kier molecular flexibility index (Phi) is 5.72. The van der Waals surface area contributed by atoms with Crippen LogP contribution in [0.4, 0.5) is 0 Å². The first-order valence-electron chi connectivity index (χ1n) is 8.06. The first-order chi connectivity index (χ1) is 12.2. The predicted molar refractivity (Wildman–Crippen MR) is 97.8 cm³/mol. The molecule has 2 N–H and O–H groups in total. The van der Waals surface area contributed by atoms with Crippen LogP contribution in [-0.2, 0) is 13.2 Å². The molecule has 0 fully saturated rings. The number of rotatable bonds is 7. The molecule has 0 amide bonds. The first kappa shape index (κ1) is 17.1. The van der Waals surface area contributed by atoms with Crippen molar-refractivity contribution in [3.05, 3.63) is 90.0 Å². The molecule has 25 heavy (non-hydrogen) atoms. The molecule has 3 aromatic rings. The van der Waals surface area contributed by atoms with E-state index < -0.39 is 7.12 Å².